The highest BCUT2D eigenvalue weighted by atomic mass is 35.5. The van der Waals surface area contributed by atoms with Crippen LogP contribution in [0.25, 0.3) is 0 Å². The molecule has 0 aliphatic carbocycles. The number of aryl methyl sites for hydroxylation is 2. The maximum absolute atomic E-state index is 13.7. The van der Waals surface area contributed by atoms with E-state index in [1.54, 1.807) is 13.8 Å². The Hall–Kier alpha value is -6.74. The van der Waals surface area contributed by atoms with E-state index in [9.17, 15) is 55.1 Å². The molecule has 5 aromatic rings. The van der Waals surface area contributed by atoms with Crippen molar-refractivity contribution in [3.05, 3.63) is 138 Å². The van der Waals surface area contributed by atoms with E-state index in [2.05, 4.69) is 41.7 Å². The van der Waals surface area contributed by atoms with Gasteiger partial charge in [0.1, 0.15) is 11.4 Å². The zero-order valence-electron chi connectivity index (χ0n) is 36.7. The largest absolute Gasteiger partial charge is 0.416 e. The molecule has 2 atom stereocenters. The van der Waals surface area contributed by atoms with E-state index < -0.39 is 70.8 Å². The third-order valence-electron chi connectivity index (χ3n) is 9.91. The third kappa shape index (κ3) is 13.7. The van der Waals surface area contributed by atoms with Crippen molar-refractivity contribution >= 4 is 116 Å². The van der Waals surface area contributed by atoms with Crippen LogP contribution in [-0.4, -0.2) is 47.3 Å². The predicted octanol–water partition coefficient (Wildman–Crippen LogP) is 13.3. The molecule has 2 unspecified atom stereocenters. The Morgan fingerprint density at radius 2 is 0.900 bits per heavy atom. The molecule has 5 rings (SSSR count). The number of nitrogens with zero attached hydrogens (tertiary/aromatic N) is 4. The monoisotopic (exact) mass is 1050 g/mol. The molecule has 0 radical (unpaired) electrons. The van der Waals surface area contributed by atoms with Crippen LogP contribution in [0.3, 0.4) is 0 Å². The summed E-state index contributed by atoms with van der Waals surface area (Å²) >= 11 is 24.5. The number of Topliss-reactive ketones (excluding diaryl/α,β-unsaturated/α-hetero) is 2. The van der Waals surface area contributed by atoms with Gasteiger partial charge in [0.15, 0.2) is 11.6 Å². The first kappa shape index (κ1) is 54.2. The van der Waals surface area contributed by atoms with Gasteiger partial charge in [-0.25, -0.2) is 0 Å². The molecule has 0 aliphatic heterocycles. The first-order chi connectivity index (χ1) is 32.8. The van der Waals surface area contributed by atoms with Crippen molar-refractivity contribution in [2.24, 2.45) is 20.5 Å². The molecule has 0 bridgehead atoms. The van der Waals surface area contributed by atoms with Crippen molar-refractivity contribution in [2.75, 3.05) is 21.3 Å². The lowest BCUT2D eigenvalue weighted by atomic mass is 10.0. The predicted molar refractivity (Wildman–Crippen MR) is 252 cm³/mol. The minimum Gasteiger partial charge on any atom is -0.324 e. The quantitative estimate of drug-likeness (QED) is 0.0430. The molecule has 5 aromatic carbocycles. The summed E-state index contributed by atoms with van der Waals surface area (Å²) in [5.41, 5.74) is -1.25. The van der Waals surface area contributed by atoms with Crippen LogP contribution in [0.2, 0.25) is 20.1 Å². The van der Waals surface area contributed by atoms with Gasteiger partial charge in [-0.1, -0.05) is 60.3 Å². The fraction of sp³-hybridized carbons (Fsp3) is 0.217. The maximum atomic E-state index is 13.7. The van der Waals surface area contributed by atoms with Gasteiger partial charge >= 0.3 is 12.4 Å². The van der Waals surface area contributed by atoms with Crippen LogP contribution in [0.5, 0.6) is 0 Å². The number of azo groups is 2. The number of hydrogen-bond acceptors (Lipinski definition) is 10. The lowest BCUT2D eigenvalue weighted by Gasteiger charge is -2.19. The molecule has 4 N–H and O–H groups in total. The highest BCUT2D eigenvalue weighted by Crippen LogP contribution is 2.37. The van der Waals surface area contributed by atoms with Crippen LogP contribution < -0.4 is 21.3 Å². The van der Waals surface area contributed by atoms with Crippen LogP contribution in [0.1, 0.15) is 70.7 Å². The molecule has 0 saturated carbocycles. The lowest BCUT2D eigenvalue weighted by Crippen LogP contribution is -2.33. The fourth-order valence-corrected chi connectivity index (χ4v) is 7.04. The van der Waals surface area contributed by atoms with Crippen LogP contribution in [0.4, 0.5) is 60.5 Å². The Bertz CT molecular complexity index is 2940. The Labute approximate surface area is 414 Å². The average Bonchev–Trinajstić information content (AvgIpc) is 3.28. The molecule has 4 amide bonds. The number of nitrogens with one attached hydrogen (secondary N) is 4. The van der Waals surface area contributed by atoms with Crippen molar-refractivity contribution in [1.29, 1.82) is 0 Å². The summed E-state index contributed by atoms with van der Waals surface area (Å²) in [5, 5.41) is 25.0. The number of alkyl halides is 6. The second-order valence-electron chi connectivity index (χ2n) is 14.9. The van der Waals surface area contributed by atoms with E-state index in [0.29, 0.717) is 23.3 Å². The number of anilines is 4. The van der Waals surface area contributed by atoms with Crippen molar-refractivity contribution in [3.63, 3.8) is 0 Å². The number of carbonyl (C=O) groups is 6. The second-order valence-corrected chi connectivity index (χ2v) is 16.6. The van der Waals surface area contributed by atoms with Crippen molar-refractivity contribution in [3.8, 4) is 0 Å². The smallest absolute Gasteiger partial charge is 0.324 e. The molecule has 14 nitrogen and oxygen atoms in total. The highest BCUT2D eigenvalue weighted by molar-refractivity contribution is 6.35. The van der Waals surface area contributed by atoms with Crippen LogP contribution in [-0.2, 0) is 44.4 Å². The SMILES string of the molecule is CCc1cc(NC(=O)C(N=Nc2cc(C(=O)Nc3ccc(C(F)(F)F)cc3Cl)ccc2Cl)C(C)=O)cc(CC)c1NC(=O)C(N=Nc1cc(C(=O)Nc2ccc(C(F)(F)F)cc2Cl)ccc1Cl)C(C)=O. The van der Waals surface area contributed by atoms with E-state index in [-0.39, 0.29) is 78.2 Å². The minimum atomic E-state index is -4.66. The van der Waals surface area contributed by atoms with E-state index in [1.807, 2.05) is 0 Å². The lowest BCUT2D eigenvalue weighted by molar-refractivity contribution is -0.138. The number of carbonyl (C=O) groups excluding carboxylic acids is 6. The number of rotatable bonds is 16. The summed E-state index contributed by atoms with van der Waals surface area (Å²) in [6.07, 6.45) is -8.76. The van der Waals surface area contributed by atoms with E-state index in [4.69, 9.17) is 46.4 Å². The summed E-state index contributed by atoms with van der Waals surface area (Å²) in [7, 11) is 0. The zero-order valence-corrected chi connectivity index (χ0v) is 39.7. The summed E-state index contributed by atoms with van der Waals surface area (Å²) in [4.78, 5) is 78.7. The first-order valence-corrected chi connectivity index (χ1v) is 21.9. The molecular weight excluding hydrogens is 1020 g/mol. The molecule has 0 saturated heterocycles. The van der Waals surface area contributed by atoms with Crippen LogP contribution in [0.15, 0.2) is 105 Å². The summed E-state index contributed by atoms with van der Waals surface area (Å²) in [6, 6.07) is 11.8. The van der Waals surface area contributed by atoms with Gasteiger partial charge < -0.3 is 21.3 Å². The molecular formula is C46H36Cl4F6N8O6. The van der Waals surface area contributed by atoms with Crippen LogP contribution >= 0.6 is 46.4 Å². The summed E-state index contributed by atoms with van der Waals surface area (Å²) in [6.45, 7) is 5.68. The van der Waals surface area contributed by atoms with E-state index >= 15 is 0 Å². The Morgan fingerprint density at radius 3 is 1.24 bits per heavy atom. The Kier molecular flexibility index (Phi) is 17.6. The van der Waals surface area contributed by atoms with E-state index in [0.717, 1.165) is 38.1 Å². The Balaban J connectivity index is 1.30. The second kappa shape index (κ2) is 22.8. The topological polar surface area (TPSA) is 200 Å². The van der Waals surface area contributed by atoms with Gasteiger partial charge in [0.2, 0.25) is 12.1 Å². The van der Waals surface area contributed by atoms with Crippen LogP contribution in [0, 0.1) is 0 Å². The normalized spacial score (nSPS) is 12.7. The van der Waals surface area contributed by atoms with Crippen molar-refractivity contribution in [2.45, 2.75) is 65.0 Å². The molecule has 0 spiro atoms. The zero-order chi connectivity index (χ0) is 51.8. The standard InChI is InChI=1S/C46H36Cl4F6N8O6/c1-5-23-15-29(57-43(69)38(21(3)65)63-61-36-17-25(7-11-30(36)47)41(67)58-34-13-9-27(19-32(34)49)45(51,52)53)16-24(6-2)40(23)60-44(70)39(22(4)66)64-62-37-18-26(8-12-31(37)48)42(68)59-35-14-10-28(20-33(35)50)46(54,55)56/h7-20,38-39H,5-6H2,1-4H3,(H,57,69)(H,58,67)(H,59,68)(H,60,70). The molecule has 366 valence electrons. The van der Waals surface area contributed by atoms with Gasteiger partial charge in [0.05, 0.1) is 42.6 Å². The third-order valence-corrected chi connectivity index (χ3v) is 11.2. The highest BCUT2D eigenvalue weighted by Gasteiger charge is 2.33. The number of ketones is 2. The number of halogens is 10. The van der Waals surface area contributed by atoms with Gasteiger partial charge in [-0.05, 0) is 123 Å². The number of amides is 4. The first-order valence-electron chi connectivity index (χ1n) is 20.4. The molecule has 70 heavy (non-hydrogen) atoms. The fourth-order valence-electron chi connectivity index (χ4n) is 6.27. The van der Waals surface area contributed by atoms with Gasteiger partial charge in [-0.15, -0.1) is 0 Å². The number of hydrogen-bond donors (Lipinski definition) is 4. The van der Waals surface area contributed by atoms with Gasteiger partial charge in [-0.2, -0.15) is 46.8 Å². The molecule has 0 heterocycles. The van der Waals surface area contributed by atoms with Gasteiger partial charge in [0.25, 0.3) is 23.6 Å². The van der Waals surface area contributed by atoms with Crippen molar-refractivity contribution in [1.82, 2.24) is 0 Å². The number of benzene rings is 5. The minimum absolute atomic E-state index is 0.0333. The Morgan fingerprint density at radius 1 is 0.514 bits per heavy atom. The van der Waals surface area contributed by atoms with Gasteiger partial charge in [-0.3, -0.25) is 28.8 Å². The van der Waals surface area contributed by atoms with E-state index in [1.165, 1.54) is 48.5 Å². The molecule has 0 aliphatic rings. The maximum Gasteiger partial charge on any atom is 0.416 e. The summed E-state index contributed by atoms with van der Waals surface area (Å²) in [5.74, 6) is -4.89. The average molecular weight is 1050 g/mol. The molecule has 0 fully saturated rings. The van der Waals surface area contributed by atoms with Crippen molar-refractivity contribution < 1.29 is 55.1 Å². The molecule has 24 heteroatoms. The van der Waals surface area contributed by atoms with Gasteiger partial charge in [0, 0.05) is 22.5 Å². The molecule has 0 aromatic heterocycles. The summed E-state index contributed by atoms with van der Waals surface area (Å²) < 4.78 is 78.5.